The highest BCUT2D eigenvalue weighted by atomic mass is 14.9. The molecule has 3 N–H and O–H groups in total. The monoisotopic (exact) mass is 198 g/mol. The molecule has 1 atom stereocenters. The topological polar surface area (TPSA) is 38.0 Å². The van der Waals surface area contributed by atoms with Gasteiger partial charge >= 0.3 is 0 Å². The van der Waals surface area contributed by atoms with Crippen LogP contribution in [0.15, 0.2) is 0 Å². The Kier molecular flexibility index (Phi) is 4.39. The van der Waals surface area contributed by atoms with E-state index in [1.807, 2.05) is 0 Å². The zero-order chi connectivity index (χ0) is 10.6. The number of rotatable bonds is 4. The molecule has 1 saturated carbocycles. The summed E-state index contributed by atoms with van der Waals surface area (Å²) in [5.74, 6) is 0. The van der Waals surface area contributed by atoms with E-state index >= 15 is 0 Å². The summed E-state index contributed by atoms with van der Waals surface area (Å²) in [5, 5.41) is 3.60. The van der Waals surface area contributed by atoms with Gasteiger partial charge in [0.05, 0.1) is 0 Å². The molecule has 0 aromatic heterocycles. The highest BCUT2D eigenvalue weighted by Crippen LogP contribution is 2.20. The van der Waals surface area contributed by atoms with Crippen LogP contribution in [0.2, 0.25) is 0 Å². The fourth-order valence-corrected chi connectivity index (χ4v) is 2.01. The Morgan fingerprint density at radius 3 is 2.36 bits per heavy atom. The average Bonchev–Trinajstić information content (AvgIpc) is 2.55. The maximum Gasteiger partial charge on any atom is 0.00997 e. The Morgan fingerprint density at radius 2 is 1.86 bits per heavy atom. The van der Waals surface area contributed by atoms with E-state index in [0.717, 1.165) is 19.0 Å². The second kappa shape index (κ2) is 5.13. The van der Waals surface area contributed by atoms with Crippen molar-refractivity contribution in [3.05, 3.63) is 0 Å². The van der Waals surface area contributed by atoms with E-state index in [1.165, 1.54) is 25.7 Å². The number of hydrogen-bond acceptors (Lipinski definition) is 2. The van der Waals surface area contributed by atoms with Crippen LogP contribution >= 0.6 is 0 Å². The van der Waals surface area contributed by atoms with Crippen LogP contribution in [-0.2, 0) is 0 Å². The maximum absolute atomic E-state index is 6.10. The van der Waals surface area contributed by atoms with Crippen LogP contribution in [0.5, 0.6) is 0 Å². The van der Waals surface area contributed by atoms with Crippen LogP contribution in [0.25, 0.3) is 0 Å². The van der Waals surface area contributed by atoms with Crippen molar-refractivity contribution in [2.45, 2.75) is 65.0 Å². The maximum atomic E-state index is 6.10. The van der Waals surface area contributed by atoms with Crippen LogP contribution in [-0.4, -0.2) is 18.6 Å². The van der Waals surface area contributed by atoms with Crippen molar-refractivity contribution in [2.75, 3.05) is 6.54 Å². The van der Waals surface area contributed by atoms with Crippen molar-refractivity contribution < 1.29 is 0 Å². The molecule has 2 heteroatoms. The first-order valence-electron chi connectivity index (χ1n) is 5.99. The van der Waals surface area contributed by atoms with Crippen molar-refractivity contribution in [1.29, 1.82) is 0 Å². The molecule has 1 aliphatic carbocycles. The number of nitrogens with two attached hydrogens (primary N) is 1. The quantitative estimate of drug-likeness (QED) is 0.727. The van der Waals surface area contributed by atoms with Crippen molar-refractivity contribution >= 4 is 0 Å². The van der Waals surface area contributed by atoms with Crippen molar-refractivity contribution in [3.8, 4) is 0 Å². The Morgan fingerprint density at radius 1 is 1.29 bits per heavy atom. The molecule has 0 aliphatic heterocycles. The molecule has 0 saturated heterocycles. The van der Waals surface area contributed by atoms with Gasteiger partial charge in [-0.1, -0.05) is 33.6 Å². The summed E-state index contributed by atoms with van der Waals surface area (Å²) in [6, 6.07) is 1.10. The molecule has 1 fully saturated rings. The third kappa shape index (κ3) is 3.97. The first-order chi connectivity index (χ1) is 6.50. The zero-order valence-electron chi connectivity index (χ0n) is 9.97. The Bertz CT molecular complexity index is 154. The van der Waals surface area contributed by atoms with Gasteiger partial charge in [-0.2, -0.15) is 0 Å². The van der Waals surface area contributed by atoms with Crippen molar-refractivity contribution in [1.82, 2.24) is 5.32 Å². The summed E-state index contributed by atoms with van der Waals surface area (Å²) in [6.07, 6.45) is 6.64. The largest absolute Gasteiger partial charge is 0.327 e. The van der Waals surface area contributed by atoms with Crippen LogP contribution in [0, 0.1) is 5.41 Å². The predicted molar refractivity (Wildman–Crippen MR) is 62.3 cm³/mol. The molecule has 1 unspecified atom stereocenters. The smallest absolute Gasteiger partial charge is 0.00997 e. The molecule has 14 heavy (non-hydrogen) atoms. The molecule has 0 bridgehead atoms. The Labute approximate surface area is 88.6 Å². The molecule has 2 nitrogen and oxygen atoms in total. The van der Waals surface area contributed by atoms with Gasteiger partial charge in [0.2, 0.25) is 0 Å². The van der Waals surface area contributed by atoms with Crippen molar-refractivity contribution in [2.24, 2.45) is 11.1 Å². The lowest BCUT2D eigenvalue weighted by Crippen LogP contribution is -2.39. The van der Waals surface area contributed by atoms with Gasteiger partial charge in [-0.05, 0) is 31.2 Å². The fraction of sp³-hybridized carbons (Fsp3) is 1.00. The van der Waals surface area contributed by atoms with Crippen molar-refractivity contribution in [3.63, 3.8) is 0 Å². The van der Waals surface area contributed by atoms with Gasteiger partial charge in [-0.3, -0.25) is 0 Å². The summed E-state index contributed by atoms with van der Waals surface area (Å²) < 4.78 is 0. The molecule has 0 aromatic rings. The first-order valence-corrected chi connectivity index (χ1v) is 5.99. The summed E-state index contributed by atoms with van der Waals surface area (Å²) in [5.41, 5.74) is 6.34. The number of nitrogens with one attached hydrogen (secondary N) is 1. The molecular formula is C12H26N2. The van der Waals surface area contributed by atoms with E-state index in [-0.39, 0.29) is 5.41 Å². The van der Waals surface area contributed by atoms with Gasteiger partial charge in [0.1, 0.15) is 0 Å². The van der Waals surface area contributed by atoms with Gasteiger partial charge in [0.25, 0.3) is 0 Å². The van der Waals surface area contributed by atoms with E-state index in [0.29, 0.717) is 6.04 Å². The van der Waals surface area contributed by atoms with Gasteiger partial charge < -0.3 is 11.1 Å². The predicted octanol–water partition coefficient (Wildman–Crippen LogP) is 2.28. The normalized spacial score (nSPS) is 21.4. The average molecular weight is 198 g/mol. The van der Waals surface area contributed by atoms with Crippen LogP contribution in [0.3, 0.4) is 0 Å². The Hall–Kier alpha value is -0.0800. The molecule has 84 valence electrons. The SMILES string of the molecule is CC(C)(C)C(N)CCNC1CCCC1. The summed E-state index contributed by atoms with van der Waals surface area (Å²) in [6.45, 7) is 7.73. The summed E-state index contributed by atoms with van der Waals surface area (Å²) in [7, 11) is 0. The number of hydrogen-bond donors (Lipinski definition) is 2. The molecule has 1 rings (SSSR count). The highest BCUT2D eigenvalue weighted by Gasteiger charge is 2.20. The minimum absolute atomic E-state index is 0.247. The highest BCUT2D eigenvalue weighted by molar-refractivity contribution is 4.79. The molecule has 0 aromatic carbocycles. The minimum atomic E-state index is 0.247. The lowest BCUT2D eigenvalue weighted by atomic mass is 9.85. The van der Waals surface area contributed by atoms with Gasteiger partial charge in [-0.25, -0.2) is 0 Å². The van der Waals surface area contributed by atoms with E-state index in [9.17, 15) is 0 Å². The second-order valence-corrected chi connectivity index (χ2v) is 5.70. The zero-order valence-corrected chi connectivity index (χ0v) is 9.97. The standard InChI is InChI=1S/C12H26N2/c1-12(2,3)11(13)8-9-14-10-6-4-5-7-10/h10-11,14H,4-9,13H2,1-3H3. The van der Waals surface area contributed by atoms with Gasteiger partial charge in [0.15, 0.2) is 0 Å². The molecule has 0 heterocycles. The van der Waals surface area contributed by atoms with E-state index in [4.69, 9.17) is 5.73 Å². The Balaban J connectivity index is 2.08. The van der Waals surface area contributed by atoms with E-state index < -0.39 is 0 Å². The third-order valence-corrected chi connectivity index (χ3v) is 3.36. The minimum Gasteiger partial charge on any atom is -0.327 e. The molecule has 1 aliphatic rings. The molecule has 0 spiro atoms. The second-order valence-electron chi connectivity index (χ2n) is 5.70. The molecule has 0 radical (unpaired) electrons. The van der Waals surface area contributed by atoms with Crippen LogP contribution in [0.4, 0.5) is 0 Å². The lowest BCUT2D eigenvalue weighted by molar-refractivity contribution is 0.299. The lowest BCUT2D eigenvalue weighted by Gasteiger charge is -2.27. The van der Waals surface area contributed by atoms with E-state index in [1.54, 1.807) is 0 Å². The molecule has 0 amide bonds. The van der Waals surface area contributed by atoms with Gasteiger partial charge in [-0.15, -0.1) is 0 Å². The third-order valence-electron chi connectivity index (χ3n) is 3.36. The van der Waals surface area contributed by atoms with Crippen LogP contribution < -0.4 is 11.1 Å². The molecular weight excluding hydrogens is 172 g/mol. The van der Waals surface area contributed by atoms with Gasteiger partial charge in [0, 0.05) is 12.1 Å². The fourth-order valence-electron chi connectivity index (χ4n) is 2.01. The summed E-state index contributed by atoms with van der Waals surface area (Å²) >= 11 is 0. The van der Waals surface area contributed by atoms with Crippen LogP contribution in [0.1, 0.15) is 52.9 Å². The van der Waals surface area contributed by atoms with E-state index in [2.05, 4.69) is 26.1 Å². The summed E-state index contributed by atoms with van der Waals surface area (Å²) in [4.78, 5) is 0. The first kappa shape index (κ1) is 12.0.